The molecule has 0 saturated heterocycles. The smallest absolute Gasteiger partial charge is 0.262 e. The average Bonchev–Trinajstić information content (AvgIpc) is 2.59. The summed E-state index contributed by atoms with van der Waals surface area (Å²) >= 11 is 0. The van der Waals surface area contributed by atoms with Crippen molar-refractivity contribution in [1.82, 2.24) is 4.72 Å². The number of rotatable bonds is 7. The van der Waals surface area contributed by atoms with Gasteiger partial charge in [-0.05, 0) is 24.1 Å². The number of sulfonamides is 1. The van der Waals surface area contributed by atoms with Crippen molar-refractivity contribution < 1.29 is 17.9 Å². The number of nitrogens with one attached hydrogen (secondary N) is 1. The number of carbonyl (C=O) groups is 1. The molecular formula is C18H19NO4S. The standard InChI is InChI=1S/C18H19NO4S/c1-15(23-14-17-10-6-3-7-11-17)18(20)19-24(21,22)13-12-16-8-4-2-5-9-16/h2-13,15H,14H2,1H3,(H,19,20). The molecular weight excluding hydrogens is 326 g/mol. The minimum absolute atomic E-state index is 0.231. The molecule has 24 heavy (non-hydrogen) atoms. The molecule has 0 bridgehead atoms. The molecule has 126 valence electrons. The molecule has 1 amide bonds. The van der Waals surface area contributed by atoms with Gasteiger partial charge in [-0.15, -0.1) is 0 Å². The van der Waals surface area contributed by atoms with Crippen molar-refractivity contribution in [2.45, 2.75) is 19.6 Å². The second kappa shape index (κ2) is 8.42. The van der Waals surface area contributed by atoms with Gasteiger partial charge in [-0.1, -0.05) is 60.7 Å². The van der Waals surface area contributed by atoms with Crippen LogP contribution < -0.4 is 4.72 Å². The van der Waals surface area contributed by atoms with Gasteiger partial charge in [0.15, 0.2) is 0 Å². The van der Waals surface area contributed by atoms with Crippen LogP contribution in [0.1, 0.15) is 18.1 Å². The molecule has 6 heteroatoms. The van der Waals surface area contributed by atoms with Crippen LogP contribution in [0.25, 0.3) is 6.08 Å². The van der Waals surface area contributed by atoms with E-state index in [1.165, 1.54) is 13.0 Å². The lowest BCUT2D eigenvalue weighted by atomic mass is 10.2. The summed E-state index contributed by atoms with van der Waals surface area (Å²) in [5, 5.41) is 0.962. The molecule has 0 saturated carbocycles. The van der Waals surface area contributed by atoms with E-state index in [4.69, 9.17) is 4.74 Å². The Hall–Kier alpha value is -2.44. The molecule has 1 N–H and O–H groups in total. The Kier molecular flexibility index (Phi) is 6.28. The molecule has 0 spiro atoms. The normalized spacial score (nSPS) is 12.9. The number of hydrogen-bond acceptors (Lipinski definition) is 4. The molecule has 1 unspecified atom stereocenters. The van der Waals surface area contributed by atoms with E-state index in [1.54, 1.807) is 24.3 Å². The first-order valence-corrected chi connectivity index (χ1v) is 8.96. The summed E-state index contributed by atoms with van der Waals surface area (Å²) in [6.07, 6.45) is 0.538. The SMILES string of the molecule is CC(OCc1ccccc1)C(=O)NS(=O)(=O)C=Cc1ccccc1. The third-order valence-electron chi connectivity index (χ3n) is 3.19. The van der Waals surface area contributed by atoms with E-state index in [0.717, 1.165) is 16.5 Å². The summed E-state index contributed by atoms with van der Waals surface area (Å²) < 4.78 is 31.2. The van der Waals surface area contributed by atoms with Gasteiger partial charge in [-0.3, -0.25) is 4.79 Å². The van der Waals surface area contributed by atoms with Gasteiger partial charge in [0.1, 0.15) is 6.10 Å². The van der Waals surface area contributed by atoms with E-state index < -0.39 is 22.0 Å². The van der Waals surface area contributed by atoms with Gasteiger partial charge in [0.25, 0.3) is 15.9 Å². The summed E-state index contributed by atoms with van der Waals surface area (Å²) in [4.78, 5) is 11.9. The van der Waals surface area contributed by atoms with Gasteiger partial charge < -0.3 is 4.74 Å². The van der Waals surface area contributed by atoms with E-state index in [9.17, 15) is 13.2 Å². The van der Waals surface area contributed by atoms with Gasteiger partial charge in [-0.25, -0.2) is 13.1 Å². The van der Waals surface area contributed by atoms with E-state index in [0.29, 0.717) is 0 Å². The summed E-state index contributed by atoms with van der Waals surface area (Å²) in [7, 11) is -3.87. The zero-order chi connectivity index (χ0) is 17.4. The summed E-state index contributed by atoms with van der Waals surface area (Å²) in [5.41, 5.74) is 1.63. The van der Waals surface area contributed by atoms with Gasteiger partial charge in [0, 0.05) is 0 Å². The maximum atomic E-state index is 11.9. The van der Waals surface area contributed by atoms with Crippen LogP contribution in [0.15, 0.2) is 66.1 Å². The third-order valence-corrected chi connectivity index (χ3v) is 4.17. The monoisotopic (exact) mass is 345 g/mol. The third kappa shape index (κ3) is 5.98. The topological polar surface area (TPSA) is 72.5 Å². The van der Waals surface area contributed by atoms with Crippen LogP contribution in [0.5, 0.6) is 0 Å². The quantitative estimate of drug-likeness (QED) is 0.837. The predicted molar refractivity (Wildman–Crippen MR) is 93.2 cm³/mol. The maximum Gasteiger partial charge on any atom is 0.262 e. The Morgan fingerprint density at radius 1 is 1.08 bits per heavy atom. The molecule has 0 aliphatic rings. The van der Waals surface area contributed by atoms with Gasteiger partial charge in [0.05, 0.1) is 12.0 Å². The number of hydrogen-bond donors (Lipinski definition) is 1. The molecule has 0 aliphatic carbocycles. The van der Waals surface area contributed by atoms with Crippen LogP contribution in [0.2, 0.25) is 0 Å². The number of ether oxygens (including phenoxy) is 1. The Balaban J connectivity index is 1.89. The summed E-state index contributed by atoms with van der Waals surface area (Å²) in [5.74, 6) is -0.705. The molecule has 5 nitrogen and oxygen atoms in total. The fourth-order valence-electron chi connectivity index (χ4n) is 1.86. The fraction of sp³-hybridized carbons (Fsp3) is 0.167. The summed E-state index contributed by atoms with van der Waals surface area (Å²) in [6.45, 7) is 1.74. The highest BCUT2D eigenvalue weighted by Gasteiger charge is 2.18. The van der Waals surface area contributed by atoms with Crippen molar-refractivity contribution in [2.75, 3.05) is 0 Å². The Morgan fingerprint density at radius 3 is 2.29 bits per heavy atom. The average molecular weight is 345 g/mol. The van der Waals surface area contributed by atoms with E-state index in [2.05, 4.69) is 0 Å². The second-order valence-corrected chi connectivity index (χ2v) is 6.73. The van der Waals surface area contributed by atoms with Crippen LogP contribution in [0.4, 0.5) is 0 Å². The van der Waals surface area contributed by atoms with E-state index >= 15 is 0 Å². The first kappa shape index (κ1) is 17.9. The van der Waals surface area contributed by atoms with Gasteiger partial charge in [-0.2, -0.15) is 0 Å². The van der Waals surface area contributed by atoms with Gasteiger partial charge >= 0.3 is 0 Å². The van der Waals surface area contributed by atoms with Crippen molar-refractivity contribution in [3.8, 4) is 0 Å². The molecule has 0 aliphatic heterocycles. The highest BCUT2D eigenvalue weighted by atomic mass is 32.2. The predicted octanol–water partition coefficient (Wildman–Crippen LogP) is 2.71. The fourth-order valence-corrected chi connectivity index (χ4v) is 2.71. The lowest BCUT2D eigenvalue weighted by molar-refractivity contribution is -0.130. The summed E-state index contributed by atoms with van der Waals surface area (Å²) in [6, 6.07) is 18.3. The van der Waals surface area contributed by atoms with Crippen molar-refractivity contribution in [3.63, 3.8) is 0 Å². The van der Waals surface area contributed by atoms with Crippen LogP contribution in [0, 0.1) is 0 Å². The Morgan fingerprint density at radius 2 is 1.67 bits per heavy atom. The number of amides is 1. The van der Waals surface area contributed by atoms with Crippen LogP contribution in [-0.2, 0) is 26.2 Å². The van der Waals surface area contributed by atoms with Crippen LogP contribution in [0.3, 0.4) is 0 Å². The molecule has 2 aromatic carbocycles. The van der Waals surface area contributed by atoms with Crippen LogP contribution >= 0.6 is 0 Å². The first-order chi connectivity index (χ1) is 11.5. The van der Waals surface area contributed by atoms with Crippen molar-refractivity contribution >= 4 is 22.0 Å². The van der Waals surface area contributed by atoms with Crippen molar-refractivity contribution in [2.24, 2.45) is 0 Å². The van der Waals surface area contributed by atoms with Crippen molar-refractivity contribution in [3.05, 3.63) is 77.2 Å². The zero-order valence-electron chi connectivity index (χ0n) is 13.3. The molecule has 0 fully saturated rings. The highest BCUT2D eigenvalue weighted by molar-refractivity contribution is 7.93. The van der Waals surface area contributed by atoms with Crippen LogP contribution in [-0.4, -0.2) is 20.4 Å². The number of carbonyl (C=O) groups excluding carboxylic acids is 1. The lowest BCUT2D eigenvalue weighted by Crippen LogP contribution is -2.37. The molecule has 0 aromatic heterocycles. The molecule has 0 heterocycles. The highest BCUT2D eigenvalue weighted by Crippen LogP contribution is 2.05. The Labute approximate surface area is 142 Å². The Bertz CT molecular complexity index is 786. The lowest BCUT2D eigenvalue weighted by Gasteiger charge is -2.12. The minimum Gasteiger partial charge on any atom is -0.364 e. The largest absolute Gasteiger partial charge is 0.364 e. The molecule has 0 radical (unpaired) electrons. The molecule has 1 atom stereocenters. The first-order valence-electron chi connectivity index (χ1n) is 7.41. The van der Waals surface area contributed by atoms with E-state index in [-0.39, 0.29) is 6.61 Å². The van der Waals surface area contributed by atoms with Crippen molar-refractivity contribution in [1.29, 1.82) is 0 Å². The number of benzene rings is 2. The molecule has 2 rings (SSSR count). The molecule has 2 aromatic rings. The minimum atomic E-state index is -3.87. The van der Waals surface area contributed by atoms with E-state index in [1.807, 2.05) is 41.1 Å². The second-order valence-electron chi connectivity index (χ2n) is 5.16. The zero-order valence-corrected chi connectivity index (χ0v) is 14.1. The van der Waals surface area contributed by atoms with Gasteiger partial charge in [0.2, 0.25) is 0 Å². The maximum absolute atomic E-state index is 11.9.